The molecule has 0 atom stereocenters. The fourth-order valence-electron chi connectivity index (χ4n) is 1.14. The van der Waals surface area contributed by atoms with E-state index in [0.29, 0.717) is 12.8 Å². The van der Waals surface area contributed by atoms with Crippen LogP contribution in [0.15, 0.2) is 0 Å². The fourth-order valence-corrected chi connectivity index (χ4v) is 2.25. The van der Waals surface area contributed by atoms with Gasteiger partial charge in [-0.05, 0) is 12.8 Å². The Kier molecular flexibility index (Phi) is 2.89. The van der Waals surface area contributed by atoms with Gasteiger partial charge in [0.25, 0.3) is 0 Å². The van der Waals surface area contributed by atoms with Crippen LogP contribution in [0.2, 0.25) is 0 Å². The van der Waals surface area contributed by atoms with Crippen molar-refractivity contribution in [3.05, 3.63) is 0 Å². The van der Waals surface area contributed by atoms with Crippen molar-refractivity contribution in [3.8, 4) is 0 Å². The minimum atomic E-state index is -3.72. The molecule has 6 nitrogen and oxygen atoms in total. The van der Waals surface area contributed by atoms with E-state index in [-0.39, 0.29) is 6.04 Å². The van der Waals surface area contributed by atoms with Crippen LogP contribution in [-0.4, -0.2) is 42.5 Å². The molecule has 0 amide bonds. The van der Waals surface area contributed by atoms with E-state index in [4.69, 9.17) is 10.2 Å². The molecule has 0 radical (unpaired) electrons. The van der Waals surface area contributed by atoms with Crippen LogP contribution in [0, 0.1) is 0 Å². The summed E-state index contributed by atoms with van der Waals surface area (Å²) < 4.78 is 24.1. The van der Waals surface area contributed by atoms with E-state index < -0.39 is 27.8 Å². The van der Waals surface area contributed by atoms with Gasteiger partial charge in [0.05, 0.1) is 6.10 Å². The van der Waals surface area contributed by atoms with Crippen molar-refractivity contribution in [3.63, 3.8) is 0 Å². The molecule has 1 fully saturated rings. The van der Waals surface area contributed by atoms with E-state index >= 15 is 0 Å². The molecule has 1 rings (SSSR count). The smallest absolute Gasteiger partial charge is 0.320 e. The lowest BCUT2D eigenvalue weighted by Gasteiger charge is -2.31. The van der Waals surface area contributed by atoms with Crippen LogP contribution in [0.5, 0.6) is 0 Å². The maximum absolute atomic E-state index is 11.0. The molecule has 1 aliphatic carbocycles. The molecular formula is C6H11NO5S. The van der Waals surface area contributed by atoms with E-state index in [1.807, 2.05) is 0 Å². The quantitative estimate of drug-likeness (QED) is 0.523. The molecule has 13 heavy (non-hydrogen) atoms. The second-order valence-electron chi connectivity index (χ2n) is 3.09. The lowest BCUT2D eigenvalue weighted by Crippen LogP contribution is -2.48. The molecule has 0 aromatic heterocycles. The van der Waals surface area contributed by atoms with Gasteiger partial charge in [-0.25, -0.2) is 13.1 Å². The Morgan fingerprint density at radius 2 is 2.00 bits per heavy atom. The Labute approximate surface area is 75.6 Å². The zero-order valence-electron chi connectivity index (χ0n) is 6.80. The molecule has 7 heteroatoms. The van der Waals surface area contributed by atoms with Crippen LogP contribution in [0.1, 0.15) is 12.8 Å². The summed E-state index contributed by atoms with van der Waals surface area (Å²) in [5.41, 5.74) is 0. The van der Waals surface area contributed by atoms with E-state index in [9.17, 15) is 13.2 Å². The molecule has 0 aromatic rings. The first kappa shape index (κ1) is 10.4. The van der Waals surface area contributed by atoms with E-state index in [1.165, 1.54) is 0 Å². The number of carboxylic acid groups (broad SMARTS) is 1. The first-order valence-electron chi connectivity index (χ1n) is 3.79. The summed E-state index contributed by atoms with van der Waals surface area (Å²) in [5, 5.41) is 17.1. The summed E-state index contributed by atoms with van der Waals surface area (Å²) in [6.07, 6.45) is 0.259. The molecule has 0 unspecified atom stereocenters. The Hall–Kier alpha value is -0.660. The highest BCUT2D eigenvalue weighted by Gasteiger charge is 2.31. The van der Waals surface area contributed by atoms with Crippen molar-refractivity contribution in [2.75, 3.05) is 5.75 Å². The average Bonchev–Trinajstić information content (AvgIpc) is 1.79. The molecule has 0 spiro atoms. The summed E-state index contributed by atoms with van der Waals surface area (Å²) in [6, 6.07) is -0.306. The van der Waals surface area contributed by atoms with Gasteiger partial charge in [-0.3, -0.25) is 4.79 Å². The van der Waals surface area contributed by atoms with Crippen LogP contribution in [0.25, 0.3) is 0 Å². The van der Waals surface area contributed by atoms with E-state index in [0.717, 1.165) is 0 Å². The molecule has 1 aliphatic rings. The van der Waals surface area contributed by atoms with Gasteiger partial charge in [0.15, 0.2) is 5.75 Å². The van der Waals surface area contributed by atoms with Crippen LogP contribution in [0.3, 0.4) is 0 Å². The van der Waals surface area contributed by atoms with Crippen molar-refractivity contribution in [2.45, 2.75) is 25.0 Å². The van der Waals surface area contributed by atoms with Gasteiger partial charge >= 0.3 is 5.97 Å². The molecule has 0 saturated heterocycles. The molecule has 0 aromatic carbocycles. The summed E-state index contributed by atoms with van der Waals surface area (Å²) >= 11 is 0. The maximum atomic E-state index is 11.0. The standard InChI is InChI=1S/C6H11NO5S/c8-5-1-4(2-5)7-13(11,12)3-6(9)10/h4-5,7-8H,1-3H2,(H,9,10). The summed E-state index contributed by atoms with van der Waals surface area (Å²) in [6.45, 7) is 0. The van der Waals surface area contributed by atoms with Gasteiger partial charge in [-0.15, -0.1) is 0 Å². The molecule has 1 saturated carbocycles. The van der Waals surface area contributed by atoms with Crippen LogP contribution in [0.4, 0.5) is 0 Å². The first-order chi connectivity index (χ1) is 5.89. The molecule has 0 aliphatic heterocycles. The van der Waals surface area contributed by atoms with Crippen molar-refractivity contribution in [1.82, 2.24) is 4.72 Å². The number of carboxylic acids is 1. The highest BCUT2D eigenvalue weighted by atomic mass is 32.2. The number of aliphatic hydroxyl groups is 1. The fraction of sp³-hybridized carbons (Fsp3) is 0.833. The van der Waals surface area contributed by atoms with E-state index in [2.05, 4.69) is 4.72 Å². The third-order valence-electron chi connectivity index (χ3n) is 1.77. The predicted molar refractivity (Wildman–Crippen MR) is 43.6 cm³/mol. The molecule has 0 heterocycles. The number of carbonyl (C=O) groups is 1. The monoisotopic (exact) mass is 209 g/mol. The minimum absolute atomic E-state index is 0.306. The average molecular weight is 209 g/mol. The van der Waals surface area contributed by atoms with Gasteiger partial charge in [0.2, 0.25) is 10.0 Å². The Balaban J connectivity index is 2.39. The van der Waals surface area contributed by atoms with Gasteiger partial charge in [-0.1, -0.05) is 0 Å². The Morgan fingerprint density at radius 1 is 1.46 bits per heavy atom. The lowest BCUT2D eigenvalue weighted by atomic mass is 9.91. The summed E-state index contributed by atoms with van der Waals surface area (Å²) in [7, 11) is -3.72. The van der Waals surface area contributed by atoms with Gasteiger partial charge < -0.3 is 10.2 Å². The van der Waals surface area contributed by atoms with Crippen molar-refractivity contribution < 1.29 is 23.4 Å². The molecular weight excluding hydrogens is 198 g/mol. The maximum Gasteiger partial charge on any atom is 0.320 e. The van der Waals surface area contributed by atoms with Crippen molar-refractivity contribution in [2.24, 2.45) is 0 Å². The lowest BCUT2D eigenvalue weighted by molar-refractivity contribution is -0.134. The third-order valence-corrected chi connectivity index (χ3v) is 3.09. The van der Waals surface area contributed by atoms with Crippen LogP contribution >= 0.6 is 0 Å². The molecule has 0 bridgehead atoms. The number of hydrogen-bond donors (Lipinski definition) is 3. The normalized spacial score (nSPS) is 28.1. The zero-order valence-corrected chi connectivity index (χ0v) is 7.62. The number of hydrogen-bond acceptors (Lipinski definition) is 4. The van der Waals surface area contributed by atoms with Gasteiger partial charge in [0.1, 0.15) is 0 Å². The van der Waals surface area contributed by atoms with Crippen LogP contribution in [-0.2, 0) is 14.8 Å². The zero-order chi connectivity index (χ0) is 10.1. The summed E-state index contributed by atoms with van der Waals surface area (Å²) in [4.78, 5) is 10.1. The van der Waals surface area contributed by atoms with E-state index in [1.54, 1.807) is 0 Å². The van der Waals surface area contributed by atoms with Crippen LogP contribution < -0.4 is 4.72 Å². The number of sulfonamides is 1. The Morgan fingerprint density at radius 3 is 2.38 bits per heavy atom. The second-order valence-corrected chi connectivity index (χ2v) is 4.85. The van der Waals surface area contributed by atoms with Gasteiger partial charge in [0, 0.05) is 6.04 Å². The Bertz CT molecular complexity index is 292. The summed E-state index contributed by atoms with van der Waals surface area (Å²) in [5.74, 6) is -2.30. The number of aliphatic hydroxyl groups excluding tert-OH is 1. The minimum Gasteiger partial charge on any atom is -0.480 e. The highest BCUT2D eigenvalue weighted by Crippen LogP contribution is 2.19. The first-order valence-corrected chi connectivity index (χ1v) is 5.44. The molecule has 76 valence electrons. The van der Waals surface area contributed by atoms with Crippen molar-refractivity contribution in [1.29, 1.82) is 0 Å². The number of nitrogens with one attached hydrogen (secondary N) is 1. The highest BCUT2D eigenvalue weighted by molar-refractivity contribution is 7.90. The molecule has 3 N–H and O–H groups in total. The predicted octanol–water partition coefficient (Wildman–Crippen LogP) is -1.49. The van der Waals surface area contributed by atoms with Crippen molar-refractivity contribution >= 4 is 16.0 Å². The number of aliphatic carboxylic acids is 1. The third kappa shape index (κ3) is 3.29. The van der Waals surface area contributed by atoms with Gasteiger partial charge in [-0.2, -0.15) is 0 Å². The topological polar surface area (TPSA) is 104 Å². The second kappa shape index (κ2) is 3.60. The number of rotatable bonds is 4. The SMILES string of the molecule is O=C(O)CS(=O)(=O)NC1CC(O)C1. The largest absolute Gasteiger partial charge is 0.480 e.